The maximum absolute atomic E-state index is 6.46. The molecule has 2 aliphatic carbocycles. The summed E-state index contributed by atoms with van der Waals surface area (Å²) in [6, 6.07) is 14.1. The van der Waals surface area contributed by atoms with Gasteiger partial charge in [-0.05, 0) is 66.0 Å². The van der Waals surface area contributed by atoms with E-state index < -0.39 is 0 Å². The van der Waals surface area contributed by atoms with E-state index in [1.807, 2.05) is 0 Å². The SMILES string of the molecule is Clc1cc(-c2ccc3c(c2)CCC3)ccc1CNC1CC1. The van der Waals surface area contributed by atoms with Crippen LogP contribution in [-0.4, -0.2) is 6.04 Å². The molecule has 1 fully saturated rings. The Morgan fingerprint density at radius 3 is 2.52 bits per heavy atom. The fourth-order valence-electron chi connectivity index (χ4n) is 3.16. The van der Waals surface area contributed by atoms with E-state index in [2.05, 4.69) is 41.7 Å². The third-order valence-corrected chi connectivity index (χ3v) is 5.00. The summed E-state index contributed by atoms with van der Waals surface area (Å²) in [5, 5.41) is 4.40. The Kier molecular flexibility index (Phi) is 3.48. The highest BCUT2D eigenvalue weighted by atomic mass is 35.5. The minimum absolute atomic E-state index is 0.720. The molecule has 0 heterocycles. The lowest BCUT2D eigenvalue weighted by Gasteiger charge is -2.10. The second kappa shape index (κ2) is 5.47. The molecule has 2 aromatic rings. The highest BCUT2D eigenvalue weighted by Gasteiger charge is 2.20. The van der Waals surface area contributed by atoms with Crippen molar-refractivity contribution in [3.8, 4) is 11.1 Å². The van der Waals surface area contributed by atoms with E-state index in [0.717, 1.165) is 17.6 Å². The molecule has 0 saturated heterocycles. The summed E-state index contributed by atoms with van der Waals surface area (Å²) in [4.78, 5) is 0. The normalized spacial score (nSPS) is 17.0. The molecule has 0 radical (unpaired) electrons. The van der Waals surface area contributed by atoms with Gasteiger partial charge >= 0.3 is 0 Å². The number of halogens is 1. The van der Waals surface area contributed by atoms with Crippen LogP contribution in [0.25, 0.3) is 11.1 Å². The van der Waals surface area contributed by atoms with Gasteiger partial charge in [0.15, 0.2) is 0 Å². The van der Waals surface area contributed by atoms with E-state index in [-0.39, 0.29) is 0 Å². The third-order valence-electron chi connectivity index (χ3n) is 4.64. The van der Waals surface area contributed by atoms with Crippen LogP contribution in [0.3, 0.4) is 0 Å². The monoisotopic (exact) mass is 297 g/mol. The standard InChI is InChI=1S/C19H20ClN/c20-19-11-16(6-7-17(19)12-21-18-8-9-18)15-5-4-13-2-1-3-14(13)10-15/h4-7,10-11,18,21H,1-3,8-9,12H2. The van der Waals surface area contributed by atoms with E-state index in [9.17, 15) is 0 Å². The Bertz CT molecular complexity index is 673. The zero-order chi connectivity index (χ0) is 14.2. The summed E-state index contributed by atoms with van der Waals surface area (Å²) in [7, 11) is 0. The Balaban J connectivity index is 1.58. The van der Waals surface area contributed by atoms with Crippen molar-refractivity contribution in [2.45, 2.75) is 44.7 Å². The molecule has 1 N–H and O–H groups in total. The van der Waals surface area contributed by atoms with Crippen molar-refractivity contribution >= 4 is 11.6 Å². The van der Waals surface area contributed by atoms with Gasteiger partial charge in [0, 0.05) is 17.6 Å². The summed E-state index contributed by atoms with van der Waals surface area (Å²) in [5.74, 6) is 0. The number of benzene rings is 2. The van der Waals surface area contributed by atoms with Crippen LogP contribution in [0.2, 0.25) is 5.02 Å². The topological polar surface area (TPSA) is 12.0 Å². The van der Waals surface area contributed by atoms with Crippen LogP contribution >= 0.6 is 11.6 Å². The largest absolute Gasteiger partial charge is 0.310 e. The summed E-state index contributed by atoms with van der Waals surface area (Å²) < 4.78 is 0. The van der Waals surface area contributed by atoms with Gasteiger partial charge in [0.25, 0.3) is 0 Å². The van der Waals surface area contributed by atoms with Crippen molar-refractivity contribution in [2.24, 2.45) is 0 Å². The molecular formula is C19H20ClN. The van der Waals surface area contributed by atoms with Crippen molar-refractivity contribution in [3.05, 3.63) is 58.1 Å². The van der Waals surface area contributed by atoms with E-state index in [0.29, 0.717) is 0 Å². The van der Waals surface area contributed by atoms with E-state index in [1.165, 1.54) is 59.9 Å². The first kappa shape index (κ1) is 13.4. The summed E-state index contributed by atoms with van der Waals surface area (Å²) in [6.45, 7) is 0.883. The molecule has 0 unspecified atom stereocenters. The molecule has 4 rings (SSSR count). The summed E-state index contributed by atoms with van der Waals surface area (Å²) in [6.07, 6.45) is 6.38. The first-order valence-electron chi connectivity index (χ1n) is 7.93. The summed E-state index contributed by atoms with van der Waals surface area (Å²) in [5.41, 5.74) is 6.76. The minimum atomic E-state index is 0.720. The molecule has 0 spiro atoms. The lowest BCUT2D eigenvalue weighted by atomic mass is 9.99. The fraction of sp³-hybridized carbons (Fsp3) is 0.368. The minimum Gasteiger partial charge on any atom is -0.310 e. The number of nitrogens with one attached hydrogen (secondary N) is 1. The van der Waals surface area contributed by atoms with E-state index in [4.69, 9.17) is 11.6 Å². The zero-order valence-electron chi connectivity index (χ0n) is 12.2. The van der Waals surface area contributed by atoms with Crippen molar-refractivity contribution < 1.29 is 0 Å². The maximum Gasteiger partial charge on any atom is 0.0457 e. The van der Waals surface area contributed by atoms with Crippen LogP contribution in [0.15, 0.2) is 36.4 Å². The number of aryl methyl sites for hydroxylation is 2. The van der Waals surface area contributed by atoms with Crippen LogP contribution in [0.5, 0.6) is 0 Å². The van der Waals surface area contributed by atoms with Gasteiger partial charge < -0.3 is 5.32 Å². The van der Waals surface area contributed by atoms with Crippen LogP contribution in [0, 0.1) is 0 Å². The molecule has 2 aliphatic rings. The molecule has 0 aliphatic heterocycles. The smallest absolute Gasteiger partial charge is 0.0457 e. The predicted octanol–water partition coefficient (Wildman–Crippen LogP) is 4.75. The molecule has 21 heavy (non-hydrogen) atoms. The van der Waals surface area contributed by atoms with Crippen LogP contribution in [0.1, 0.15) is 36.0 Å². The maximum atomic E-state index is 6.46. The van der Waals surface area contributed by atoms with E-state index >= 15 is 0 Å². The van der Waals surface area contributed by atoms with Crippen molar-refractivity contribution in [1.82, 2.24) is 5.32 Å². The van der Waals surface area contributed by atoms with Crippen molar-refractivity contribution in [3.63, 3.8) is 0 Å². The predicted molar refractivity (Wildman–Crippen MR) is 88.8 cm³/mol. The molecule has 1 nitrogen and oxygen atoms in total. The highest BCUT2D eigenvalue weighted by molar-refractivity contribution is 6.31. The van der Waals surface area contributed by atoms with Crippen molar-refractivity contribution in [1.29, 1.82) is 0 Å². The van der Waals surface area contributed by atoms with Gasteiger partial charge in [0.05, 0.1) is 0 Å². The average molecular weight is 298 g/mol. The van der Waals surface area contributed by atoms with Crippen LogP contribution in [-0.2, 0) is 19.4 Å². The molecule has 108 valence electrons. The van der Waals surface area contributed by atoms with Crippen LogP contribution in [0.4, 0.5) is 0 Å². The highest BCUT2D eigenvalue weighted by Crippen LogP contribution is 2.30. The number of hydrogen-bond donors (Lipinski definition) is 1. The Hall–Kier alpha value is -1.31. The van der Waals surface area contributed by atoms with Gasteiger partial charge in [0.2, 0.25) is 0 Å². The van der Waals surface area contributed by atoms with Gasteiger partial charge in [-0.15, -0.1) is 0 Å². The Labute approximate surface area is 131 Å². The van der Waals surface area contributed by atoms with Gasteiger partial charge in [-0.1, -0.05) is 41.9 Å². The van der Waals surface area contributed by atoms with E-state index in [1.54, 1.807) is 0 Å². The lowest BCUT2D eigenvalue weighted by molar-refractivity contribution is 0.688. The van der Waals surface area contributed by atoms with Gasteiger partial charge in [-0.25, -0.2) is 0 Å². The Morgan fingerprint density at radius 2 is 1.71 bits per heavy atom. The third kappa shape index (κ3) is 2.86. The molecule has 0 aromatic heterocycles. The van der Waals surface area contributed by atoms with Gasteiger partial charge in [-0.2, -0.15) is 0 Å². The molecule has 2 heteroatoms. The first-order chi connectivity index (χ1) is 10.3. The number of fused-ring (bicyclic) bond motifs is 1. The first-order valence-corrected chi connectivity index (χ1v) is 8.31. The fourth-order valence-corrected chi connectivity index (χ4v) is 3.41. The Morgan fingerprint density at radius 1 is 0.952 bits per heavy atom. The second-order valence-electron chi connectivity index (χ2n) is 6.30. The average Bonchev–Trinajstić information content (AvgIpc) is 3.21. The molecule has 0 atom stereocenters. The summed E-state index contributed by atoms with van der Waals surface area (Å²) >= 11 is 6.46. The zero-order valence-corrected chi connectivity index (χ0v) is 12.9. The molecule has 1 saturated carbocycles. The lowest BCUT2D eigenvalue weighted by Crippen LogP contribution is -2.15. The number of rotatable bonds is 4. The molecule has 0 bridgehead atoms. The van der Waals surface area contributed by atoms with Gasteiger partial charge in [0.1, 0.15) is 0 Å². The van der Waals surface area contributed by atoms with Crippen molar-refractivity contribution in [2.75, 3.05) is 0 Å². The molecule has 2 aromatic carbocycles. The number of hydrogen-bond acceptors (Lipinski definition) is 1. The van der Waals surface area contributed by atoms with Gasteiger partial charge in [-0.3, -0.25) is 0 Å². The second-order valence-corrected chi connectivity index (χ2v) is 6.71. The van der Waals surface area contributed by atoms with Crippen LogP contribution < -0.4 is 5.32 Å². The quantitative estimate of drug-likeness (QED) is 0.859. The molecular weight excluding hydrogens is 278 g/mol. The molecule has 0 amide bonds.